The van der Waals surface area contributed by atoms with Crippen molar-refractivity contribution in [3.63, 3.8) is 0 Å². The van der Waals surface area contributed by atoms with Crippen LogP contribution >= 0.6 is 0 Å². The largest absolute Gasteiger partial charge is 0.257 e. The second-order valence-electron chi connectivity index (χ2n) is 6.96. The standard InChI is InChI=1S/C23H19FN2/c24-18-13-10-17(11-14-18)23-21-15-12-16-6-4-5-9-20(16)22(21)25-26(23)19-7-2-1-3-8-19/h1-11,13-14,21,23H,12,15H2/t21-,23-/m1/s1. The number of fused-ring (bicyclic) bond motifs is 3. The summed E-state index contributed by atoms with van der Waals surface area (Å²) < 4.78 is 13.5. The minimum Gasteiger partial charge on any atom is -0.257 e. The molecule has 0 fully saturated rings. The second kappa shape index (κ2) is 6.10. The highest BCUT2D eigenvalue weighted by molar-refractivity contribution is 6.07. The lowest BCUT2D eigenvalue weighted by molar-refractivity contribution is 0.509. The van der Waals surface area contributed by atoms with Gasteiger partial charge in [-0.25, -0.2) is 4.39 Å². The molecule has 1 aliphatic carbocycles. The zero-order valence-electron chi connectivity index (χ0n) is 14.3. The van der Waals surface area contributed by atoms with Crippen molar-refractivity contribution in [2.45, 2.75) is 18.9 Å². The van der Waals surface area contributed by atoms with Crippen LogP contribution in [0.25, 0.3) is 0 Å². The van der Waals surface area contributed by atoms with E-state index >= 15 is 0 Å². The van der Waals surface area contributed by atoms with Crippen LogP contribution < -0.4 is 5.01 Å². The molecule has 1 heterocycles. The number of hydrazone groups is 1. The molecule has 0 N–H and O–H groups in total. The van der Waals surface area contributed by atoms with Crippen molar-refractivity contribution >= 4 is 11.4 Å². The summed E-state index contributed by atoms with van der Waals surface area (Å²) in [5.41, 5.74) is 5.97. The molecular formula is C23H19FN2. The third-order valence-corrected chi connectivity index (χ3v) is 5.46. The fourth-order valence-electron chi connectivity index (χ4n) is 4.25. The monoisotopic (exact) mass is 342 g/mol. The Bertz CT molecular complexity index is 963. The van der Waals surface area contributed by atoms with Gasteiger partial charge in [-0.1, -0.05) is 54.6 Å². The van der Waals surface area contributed by atoms with E-state index in [1.165, 1.54) is 11.1 Å². The maximum atomic E-state index is 13.5. The number of benzene rings is 3. The molecule has 128 valence electrons. The Kier molecular flexibility index (Phi) is 3.59. The number of anilines is 1. The van der Waals surface area contributed by atoms with Crippen LogP contribution in [0.3, 0.4) is 0 Å². The molecule has 26 heavy (non-hydrogen) atoms. The average molecular weight is 342 g/mol. The van der Waals surface area contributed by atoms with Gasteiger partial charge in [0.1, 0.15) is 5.82 Å². The van der Waals surface area contributed by atoms with E-state index in [1.807, 2.05) is 30.3 Å². The lowest BCUT2D eigenvalue weighted by Gasteiger charge is -2.30. The van der Waals surface area contributed by atoms with Gasteiger partial charge >= 0.3 is 0 Å². The first-order valence-corrected chi connectivity index (χ1v) is 9.08. The van der Waals surface area contributed by atoms with Crippen molar-refractivity contribution in [1.82, 2.24) is 0 Å². The number of halogens is 1. The van der Waals surface area contributed by atoms with Crippen molar-refractivity contribution in [2.75, 3.05) is 5.01 Å². The molecular weight excluding hydrogens is 323 g/mol. The maximum absolute atomic E-state index is 13.5. The summed E-state index contributed by atoms with van der Waals surface area (Å²) in [4.78, 5) is 0. The van der Waals surface area contributed by atoms with Crippen molar-refractivity contribution < 1.29 is 4.39 Å². The summed E-state index contributed by atoms with van der Waals surface area (Å²) in [6.07, 6.45) is 2.11. The van der Waals surface area contributed by atoms with E-state index in [0.717, 1.165) is 29.8 Å². The average Bonchev–Trinajstić information content (AvgIpc) is 3.09. The molecule has 0 unspecified atom stereocenters. The number of aryl methyl sites for hydroxylation is 1. The van der Waals surface area contributed by atoms with E-state index in [0.29, 0.717) is 5.92 Å². The molecule has 0 saturated heterocycles. The Morgan fingerprint density at radius 2 is 1.58 bits per heavy atom. The number of para-hydroxylation sites is 1. The third-order valence-electron chi connectivity index (χ3n) is 5.46. The highest BCUT2D eigenvalue weighted by atomic mass is 19.1. The van der Waals surface area contributed by atoms with E-state index in [-0.39, 0.29) is 11.9 Å². The summed E-state index contributed by atoms with van der Waals surface area (Å²) in [7, 11) is 0. The topological polar surface area (TPSA) is 15.6 Å². The van der Waals surface area contributed by atoms with Gasteiger partial charge in [0.15, 0.2) is 0 Å². The Hall–Kier alpha value is -2.94. The van der Waals surface area contributed by atoms with E-state index < -0.39 is 0 Å². The van der Waals surface area contributed by atoms with Crippen LogP contribution in [0.2, 0.25) is 0 Å². The third kappa shape index (κ3) is 2.43. The minimum atomic E-state index is -0.201. The summed E-state index contributed by atoms with van der Waals surface area (Å²) >= 11 is 0. The van der Waals surface area contributed by atoms with Gasteiger partial charge in [0.2, 0.25) is 0 Å². The molecule has 0 amide bonds. The maximum Gasteiger partial charge on any atom is 0.123 e. The molecule has 5 rings (SSSR count). The SMILES string of the molecule is Fc1ccc([C@@H]2[C@@H]3CCc4ccccc4C3=NN2c2ccccc2)cc1. The number of nitrogens with zero attached hydrogens (tertiary/aromatic N) is 2. The number of rotatable bonds is 2. The normalized spacial score (nSPS) is 21.1. The summed E-state index contributed by atoms with van der Waals surface area (Å²) in [6, 6.07) is 25.8. The van der Waals surface area contributed by atoms with E-state index in [1.54, 1.807) is 12.1 Å². The van der Waals surface area contributed by atoms with Crippen molar-refractivity contribution in [1.29, 1.82) is 0 Å². The van der Waals surface area contributed by atoms with Crippen LogP contribution in [0, 0.1) is 11.7 Å². The molecule has 3 aromatic rings. The van der Waals surface area contributed by atoms with E-state index in [2.05, 4.69) is 41.4 Å². The zero-order valence-corrected chi connectivity index (χ0v) is 14.3. The number of hydrogen-bond acceptors (Lipinski definition) is 2. The molecule has 0 bridgehead atoms. The van der Waals surface area contributed by atoms with Crippen molar-refractivity contribution in [2.24, 2.45) is 11.0 Å². The number of hydrogen-bond donors (Lipinski definition) is 0. The molecule has 1 aliphatic heterocycles. The van der Waals surface area contributed by atoms with Gasteiger partial charge in [-0.05, 0) is 48.2 Å². The first kappa shape index (κ1) is 15.3. The highest BCUT2D eigenvalue weighted by Gasteiger charge is 2.41. The van der Waals surface area contributed by atoms with Crippen LogP contribution in [-0.4, -0.2) is 5.71 Å². The summed E-state index contributed by atoms with van der Waals surface area (Å²) in [5, 5.41) is 7.18. The van der Waals surface area contributed by atoms with Gasteiger partial charge in [0.05, 0.1) is 17.4 Å². The predicted molar refractivity (Wildman–Crippen MR) is 103 cm³/mol. The van der Waals surface area contributed by atoms with Gasteiger partial charge < -0.3 is 0 Å². The quantitative estimate of drug-likeness (QED) is 0.613. The molecule has 2 aliphatic rings. The Balaban J connectivity index is 1.65. The Labute approximate surface area is 152 Å². The smallest absolute Gasteiger partial charge is 0.123 e. The summed E-state index contributed by atoms with van der Waals surface area (Å²) in [5.74, 6) is 0.115. The van der Waals surface area contributed by atoms with Gasteiger partial charge in [0.25, 0.3) is 0 Å². The highest BCUT2D eigenvalue weighted by Crippen LogP contribution is 2.45. The van der Waals surface area contributed by atoms with Crippen LogP contribution in [0.1, 0.15) is 29.2 Å². The van der Waals surface area contributed by atoms with Crippen LogP contribution in [0.4, 0.5) is 10.1 Å². The first-order valence-electron chi connectivity index (χ1n) is 9.08. The Morgan fingerprint density at radius 1 is 0.846 bits per heavy atom. The molecule has 2 nitrogen and oxygen atoms in total. The van der Waals surface area contributed by atoms with Gasteiger partial charge in [-0.3, -0.25) is 5.01 Å². The van der Waals surface area contributed by atoms with Crippen LogP contribution in [-0.2, 0) is 6.42 Å². The summed E-state index contributed by atoms with van der Waals surface area (Å²) in [6.45, 7) is 0. The predicted octanol–water partition coefficient (Wildman–Crippen LogP) is 5.35. The van der Waals surface area contributed by atoms with Gasteiger partial charge in [-0.2, -0.15) is 5.10 Å². The second-order valence-corrected chi connectivity index (χ2v) is 6.96. The molecule has 0 saturated carbocycles. The van der Waals surface area contributed by atoms with Gasteiger partial charge in [-0.15, -0.1) is 0 Å². The van der Waals surface area contributed by atoms with Crippen LogP contribution in [0.5, 0.6) is 0 Å². The lowest BCUT2D eigenvalue weighted by atomic mass is 9.77. The molecule has 3 heteroatoms. The zero-order chi connectivity index (χ0) is 17.5. The molecule has 0 radical (unpaired) electrons. The first-order chi connectivity index (χ1) is 12.8. The van der Waals surface area contributed by atoms with E-state index in [9.17, 15) is 4.39 Å². The fourth-order valence-corrected chi connectivity index (χ4v) is 4.25. The van der Waals surface area contributed by atoms with Crippen LogP contribution in [0.15, 0.2) is 84.0 Å². The Morgan fingerprint density at radius 3 is 2.38 bits per heavy atom. The molecule has 0 spiro atoms. The molecule has 0 aromatic heterocycles. The molecule has 2 atom stereocenters. The molecule has 3 aromatic carbocycles. The van der Waals surface area contributed by atoms with E-state index in [4.69, 9.17) is 5.10 Å². The van der Waals surface area contributed by atoms with Crippen molar-refractivity contribution in [3.05, 3.63) is 101 Å². The minimum absolute atomic E-state index is 0.0985. The lowest BCUT2D eigenvalue weighted by Crippen LogP contribution is -2.28. The van der Waals surface area contributed by atoms with Gasteiger partial charge in [0, 0.05) is 11.5 Å². The fraction of sp³-hybridized carbons (Fsp3) is 0.174. The van der Waals surface area contributed by atoms with Crippen molar-refractivity contribution in [3.8, 4) is 0 Å².